The van der Waals surface area contributed by atoms with Crippen LogP contribution in [0.3, 0.4) is 0 Å². The molecule has 0 aliphatic rings. The van der Waals surface area contributed by atoms with Crippen LogP contribution < -0.4 is 0 Å². The van der Waals surface area contributed by atoms with E-state index >= 15 is 0 Å². The van der Waals surface area contributed by atoms with Gasteiger partial charge in [0.25, 0.3) is 0 Å². The maximum absolute atomic E-state index is 13.1. The van der Waals surface area contributed by atoms with E-state index in [9.17, 15) is 22.4 Å². The first-order valence-electron chi connectivity index (χ1n) is 6.65. The Morgan fingerprint density at radius 2 is 1.91 bits per heavy atom. The van der Waals surface area contributed by atoms with E-state index in [0.29, 0.717) is 28.8 Å². The monoisotopic (exact) mass is 322 g/mol. The summed E-state index contributed by atoms with van der Waals surface area (Å²) >= 11 is 0. The molecular formula is C16H10F4N2O. The van der Waals surface area contributed by atoms with E-state index in [1.54, 1.807) is 24.4 Å². The van der Waals surface area contributed by atoms with Crippen LogP contribution >= 0.6 is 0 Å². The number of fused-ring (bicyclic) bond motifs is 1. The van der Waals surface area contributed by atoms with Gasteiger partial charge in [0.2, 0.25) is 0 Å². The van der Waals surface area contributed by atoms with Gasteiger partial charge >= 0.3 is 6.18 Å². The topological polar surface area (TPSA) is 34.9 Å². The fourth-order valence-electron chi connectivity index (χ4n) is 2.37. The van der Waals surface area contributed by atoms with Gasteiger partial charge < -0.3 is 0 Å². The largest absolute Gasteiger partial charge is 0.416 e. The Hall–Kier alpha value is -2.70. The van der Waals surface area contributed by atoms with Crippen LogP contribution in [-0.4, -0.2) is 16.1 Å². The molecule has 0 radical (unpaired) electrons. The number of carbonyl (C=O) groups excluding carboxylic acids is 1. The van der Waals surface area contributed by atoms with E-state index in [1.165, 1.54) is 4.68 Å². The number of aldehydes is 1. The summed E-state index contributed by atoms with van der Waals surface area (Å²) in [6, 6.07) is 7.35. The standard InChI is InChI=1S/C16H10F4N2O/c17-13-3-2-11(14(6-13)16(18,19)20)7-22-8-12-5-10(9-23)1-4-15(12)21-22/h1-6,8-9H,7H2. The van der Waals surface area contributed by atoms with Gasteiger partial charge in [-0.15, -0.1) is 0 Å². The lowest BCUT2D eigenvalue weighted by Gasteiger charge is -2.12. The number of hydrogen-bond donors (Lipinski definition) is 0. The van der Waals surface area contributed by atoms with Crippen LogP contribution in [0.15, 0.2) is 42.6 Å². The van der Waals surface area contributed by atoms with Gasteiger partial charge in [-0.05, 0) is 35.9 Å². The molecule has 0 amide bonds. The summed E-state index contributed by atoms with van der Waals surface area (Å²) < 4.78 is 53.4. The summed E-state index contributed by atoms with van der Waals surface area (Å²) in [4.78, 5) is 10.7. The number of aromatic nitrogens is 2. The van der Waals surface area contributed by atoms with Crippen LogP contribution in [0.25, 0.3) is 10.9 Å². The molecule has 0 saturated heterocycles. The van der Waals surface area contributed by atoms with Gasteiger partial charge in [-0.25, -0.2) is 4.39 Å². The van der Waals surface area contributed by atoms with Crippen LogP contribution in [-0.2, 0) is 12.7 Å². The molecule has 118 valence electrons. The normalized spacial score (nSPS) is 11.8. The average Bonchev–Trinajstić information content (AvgIpc) is 2.89. The SMILES string of the molecule is O=Cc1ccc2nn(Cc3ccc(F)cc3C(F)(F)F)cc2c1. The molecule has 0 N–H and O–H groups in total. The smallest absolute Gasteiger partial charge is 0.298 e. The second-order valence-electron chi connectivity index (χ2n) is 5.06. The molecule has 0 unspecified atom stereocenters. The Morgan fingerprint density at radius 1 is 1.13 bits per heavy atom. The summed E-state index contributed by atoms with van der Waals surface area (Å²) in [6.45, 7) is -0.153. The summed E-state index contributed by atoms with van der Waals surface area (Å²) in [5, 5.41) is 4.81. The van der Waals surface area contributed by atoms with Crippen molar-refractivity contribution in [3.05, 3.63) is 65.1 Å². The van der Waals surface area contributed by atoms with Crippen LogP contribution in [0, 0.1) is 5.82 Å². The zero-order chi connectivity index (χ0) is 16.6. The highest BCUT2D eigenvalue weighted by Gasteiger charge is 2.33. The Bertz CT molecular complexity index is 883. The van der Waals surface area contributed by atoms with Crippen molar-refractivity contribution in [3.8, 4) is 0 Å². The molecule has 0 saturated carbocycles. The number of alkyl halides is 3. The molecule has 0 aliphatic carbocycles. The van der Waals surface area contributed by atoms with Crippen molar-refractivity contribution in [2.45, 2.75) is 12.7 Å². The summed E-state index contributed by atoms with van der Waals surface area (Å²) in [6.07, 6.45) is -2.42. The van der Waals surface area contributed by atoms with Crippen molar-refractivity contribution < 1.29 is 22.4 Å². The molecule has 1 heterocycles. The van der Waals surface area contributed by atoms with Gasteiger partial charge in [-0.2, -0.15) is 18.3 Å². The number of benzene rings is 2. The number of rotatable bonds is 3. The fraction of sp³-hybridized carbons (Fsp3) is 0.125. The van der Waals surface area contributed by atoms with E-state index in [1.807, 2.05) is 0 Å². The van der Waals surface area contributed by atoms with Crippen molar-refractivity contribution >= 4 is 17.2 Å². The first kappa shape index (κ1) is 15.2. The van der Waals surface area contributed by atoms with Gasteiger partial charge in [0.15, 0.2) is 0 Å². The third-order valence-electron chi connectivity index (χ3n) is 3.42. The Balaban J connectivity index is 2.00. The van der Waals surface area contributed by atoms with Crippen molar-refractivity contribution in [1.29, 1.82) is 0 Å². The van der Waals surface area contributed by atoms with Crippen LogP contribution in [0.2, 0.25) is 0 Å². The van der Waals surface area contributed by atoms with Crippen LogP contribution in [0.1, 0.15) is 21.5 Å². The second-order valence-corrected chi connectivity index (χ2v) is 5.06. The lowest BCUT2D eigenvalue weighted by molar-refractivity contribution is -0.138. The molecule has 23 heavy (non-hydrogen) atoms. The number of nitrogens with zero attached hydrogens (tertiary/aromatic N) is 2. The molecule has 0 aliphatic heterocycles. The van der Waals surface area contributed by atoms with E-state index in [-0.39, 0.29) is 12.1 Å². The first-order valence-corrected chi connectivity index (χ1v) is 6.65. The number of carbonyl (C=O) groups is 1. The maximum Gasteiger partial charge on any atom is 0.416 e. The molecular weight excluding hydrogens is 312 g/mol. The lowest BCUT2D eigenvalue weighted by Crippen LogP contribution is -2.12. The first-order chi connectivity index (χ1) is 10.9. The maximum atomic E-state index is 13.1. The average molecular weight is 322 g/mol. The van der Waals surface area contributed by atoms with E-state index in [2.05, 4.69) is 5.10 Å². The fourth-order valence-corrected chi connectivity index (χ4v) is 2.37. The zero-order valence-electron chi connectivity index (χ0n) is 11.6. The predicted octanol–water partition coefficient (Wildman–Crippen LogP) is 4.06. The molecule has 3 rings (SSSR count). The lowest BCUT2D eigenvalue weighted by atomic mass is 10.1. The number of hydrogen-bond acceptors (Lipinski definition) is 2. The third-order valence-corrected chi connectivity index (χ3v) is 3.42. The Kier molecular flexibility index (Phi) is 3.63. The highest BCUT2D eigenvalue weighted by atomic mass is 19.4. The van der Waals surface area contributed by atoms with Gasteiger partial charge in [0.05, 0.1) is 17.6 Å². The Morgan fingerprint density at radius 3 is 2.61 bits per heavy atom. The van der Waals surface area contributed by atoms with Gasteiger partial charge in [-0.3, -0.25) is 9.48 Å². The van der Waals surface area contributed by atoms with Gasteiger partial charge in [0, 0.05) is 17.1 Å². The minimum atomic E-state index is -4.64. The van der Waals surface area contributed by atoms with Crippen LogP contribution in [0.4, 0.5) is 17.6 Å². The summed E-state index contributed by atoms with van der Waals surface area (Å²) in [7, 11) is 0. The molecule has 2 aromatic carbocycles. The van der Waals surface area contributed by atoms with Crippen molar-refractivity contribution in [1.82, 2.24) is 9.78 Å². The summed E-state index contributed by atoms with van der Waals surface area (Å²) in [5.74, 6) is -0.942. The molecule has 0 fully saturated rings. The molecule has 0 atom stereocenters. The zero-order valence-corrected chi connectivity index (χ0v) is 11.6. The second kappa shape index (κ2) is 5.49. The van der Waals surface area contributed by atoms with E-state index in [4.69, 9.17) is 0 Å². The van der Waals surface area contributed by atoms with E-state index < -0.39 is 17.6 Å². The minimum Gasteiger partial charge on any atom is -0.298 e. The third kappa shape index (κ3) is 3.08. The molecule has 3 nitrogen and oxygen atoms in total. The summed E-state index contributed by atoms with van der Waals surface area (Å²) in [5.41, 5.74) is -0.0889. The van der Waals surface area contributed by atoms with Crippen molar-refractivity contribution in [2.75, 3.05) is 0 Å². The van der Waals surface area contributed by atoms with Crippen LogP contribution in [0.5, 0.6) is 0 Å². The highest BCUT2D eigenvalue weighted by molar-refractivity contribution is 5.86. The molecule has 7 heteroatoms. The molecule has 0 bridgehead atoms. The molecule has 1 aromatic heterocycles. The minimum absolute atomic E-state index is 0.0812. The Labute approximate surface area is 128 Å². The van der Waals surface area contributed by atoms with Gasteiger partial charge in [-0.1, -0.05) is 6.07 Å². The van der Waals surface area contributed by atoms with Crippen molar-refractivity contribution in [2.24, 2.45) is 0 Å². The molecule has 3 aromatic rings. The number of halogens is 4. The predicted molar refractivity (Wildman–Crippen MR) is 75.6 cm³/mol. The quantitative estimate of drug-likeness (QED) is 0.538. The molecule has 0 spiro atoms. The van der Waals surface area contributed by atoms with Crippen molar-refractivity contribution in [3.63, 3.8) is 0 Å². The van der Waals surface area contributed by atoms with E-state index in [0.717, 1.165) is 12.1 Å². The van der Waals surface area contributed by atoms with Gasteiger partial charge in [0.1, 0.15) is 12.1 Å². The highest BCUT2D eigenvalue weighted by Crippen LogP contribution is 2.33.